The quantitative estimate of drug-likeness (QED) is 0.116. The molecule has 4 aromatic carbocycles. The largest absolute Gasteiger partial charge is 0.298 e. The number of hydrogen-bond donors (Lipinski definition) is 0. The summed E-state index contributed by atoms with van der Waals surface area (Å²) in [5, 5.41) is 0. The second kappa shape index (κ2) is 16.4. The Morgan fingerprint density at radius 2 is 0.892 bits per heavy atom. The van der Waals surface area contributed by atoms with Crippen LogP contribution in [0.2, 0.25) is 0 Å². The van der Waals surface area contributed by atoms with Gasteiger partial charge in [-0.1, -0.05) is 106 Å². The Labute approximate surface area is 250 Å². The van der Waals surface area contributed by atoms with Gasteiger partial charge in [0.25, 0.3) is 0 Å². The van der Waals surface area contributed by atoms with Crippen molar-refractivity contribution in [1.82, 2.24) is 0 Å². The SMILES string of the molecule is CC(=O)c1ccc(Br)cc1.O=C(/C=C/c1ccc(Br)cc1)c1ccc(Br)cc1.O=Cc1ccc(Br)cc1. The van der Waals surface area contributed by atoms with Crippen molar-refractivity contribution in [1.29, 1.82) is 0 Å². The van der Waals surface area contributed by atoms with Crippen molar-refractivity contribution >= 4 is 87.6 Å². The number of carbonyl (C=O) groups excluding carboxylic acids is 3. The Morgan fingerprint density at radius 3 is 1.27 bits per heavy atom. The van der Waals surface area contributed by atoms with Gasteiger partial charge in [0.15, 0.2) is 11.6 Å². The van der Waals surface area contributed by atoms with E-state index in [1.807, 2.05) is 66.7 Å². The third-order valence-electron chi connectivity index (χ3n) is 4.68. The maximum Gasteiger partial charge on any atom is 0.185 e. The molecular formula is C30H22Br4O3. The highest BCUT2D eigenvalue weighted by atomic mass is 79.9. The van der Waals surface area contributed by atoms with E-state index in [4.69, 9.17) is 0 Å². The van der Waals surface area contributed by atoms with E-state index in [2.05, 4.69) is 63.7 Å². The van der Waals surface area contributed by atoms with Gasteiger partial charge in [-0.05, 0) is 79.2 Å². The zero-order valence-corrected chi connectivity index (χ0v) is 26.1. The molecule has 0 aliphatic carbocycles. The number of ketones is 2. The zero-order valence-electron chi connectivity index (χ0n) is 19.7. The van der Waals surface area contributed by atoms with Crippen LogP contribution in [0.25, 0.3) is 6.08 Å². The molecule has 0 unspecified atom stereocenters. The van der Waals surface area contributed by atoms with Gasteiger partial charge in [0.1, 0.15) is 6.29 Å². The third kappa shape index (κ3) is 12.1. The van der Waals surface area contributed by atoms with Crippen LogP contribution in [0.3, 0.4) is 0 Å². The topological polar surface area (TPSA) is 51.2 Å². The number of hydrogen-bond acceptors (Lipinski definition) is 3. The van der Waals surface area contributed by atoms with E-state index in [0.717, 1.165) is 35.3 Å². The molecule has 0 saturated carbocycles. The van der Waals surface area contributed by atoms with Crippen LogP contribution in [0.5, 0.6) is 0 Å². The van der Waals surface area contributed by atoms with E-state index >= 15 is 0 Å². The average molecular weight is 750 g/mol. The van der Waals surface area contributed by atoms with Crippen LogP contribution >= 0.6 is 63.7 Å². The van der Waals surface area contributed by atoms with Crippen molar-refractivity contribution in [2.45, 2.75) is 6.92 Å². The standard InChI is InChI=1S/C15H10Br2O.C8H7BrO.C7H5BrO/c16-13-6-1-11(2-7-13)3-10-15(18)12-4-8-14(17)9-5-12;1-6(10)7-2-4-8(9)5-3-7;8-7-3-1-6(5-9)2-4-7/h1-10H;2-5H,1H3;1-5H/b10-3+;;. The van der Waals surface area contributed by atoms with Crippen molar-refractivity contribution in [3.8, 4) is 0 Å². The van der Waals surface area contributed by atoms with Crippen LogP contribution in [-0.2, 0) is 0 Å². The van der Waals surface area contributed by atoms with Gasteiger partial charge in [-0.25, -0.2) is 0 Å². The van der Waals surface area contributed by atoms with E-state index < -0.39 is 0 Å². The zero-order chi connectivity index (χ0) is 27.2. The lowest BCUT2D eigenvalue weighted by Gasteiger charge is -1.96. The number of allylic oxidation sites excluding steroid dienone is 1. The van der Waals surface area contributed by atoms with Gasteiger partial charge < -0.3 is 0 Å². The first-order valence-electron chi connectivity index (χ1n) is 10.9. The fourth-order valence-corrected chi connectivity index (χ4v) is 3.74. The summed E-state index contributed by atoms with van der Waals surface area (Å²) in [6.07, 6.45) is 4.23. The molecule has 4 rings (SSSR count). The first-order chi connectivity index (χ1) is 17.7. The Morgan fingerprint density at radius 1 is 0.541 bits per heavy atom. The summed E-state index contributed by atoms with van der Waals surface area (Å²) in [7, 11) is 0. The molecule has 0 radical (unpaired) electrons. The van der Waals surface area contributed by atoms with Crippen LogP contribution in [0.1, 0.15) is 43.6 Å². The summed E-state index contributed by atoms with van der Waals surface area (Å²) in [6.45, 7) is 1.56. The smallest absolute Gasteiger partial charge is 0.185 e. The van der Waals surface area contributed by atoms with Crippen LogP contribution in [0.15, 0.2) is 121 Å². The van der Waals surface area contributed by atoms with E-state index in [1.165, 1.54) is 0 Å². The van der Waals surface area contributed by atoms with E-state index in [-0.39, 0.29) is 11.6 Å². The number of aldehydes is 1. The van der Waals surface area contributed by atoms with Gasteiger partial charge in [-0.15, -0.1) is 0 Å². The Hall–Kier alpha value is -2.45. The van der Waals surface area contributed by atoms with Gasteiger partial charge in [0.2, 0.25) is 0 Å². The van der Waals surface area contributed by atoms with Gasteiger partial charge in [0, 0.05) is 34.6 Å². The summed E-state index contributed by atoms with van der Waals surface area (Å²) in [5.74, 6) is 0.109. The van der Waals surface area contributed by atoms with E-state index in [1.54, 1.807) is 49.4 Å². The van der Waals surface area contributed by atoms with Crippen molar-refractivity contribution in [3.05, 3.63) is 143 Å². The second-order valence-corrected chi connectivity index (χ2v) is 11.2. The van der Waals surface area contributed by atoms with Crippen molar-refractivity contribution in [2.75, 3.05) is 0 Å². The van der Waals surface area contributed by atoms with E-state index in [0.29, 0.717) is 11.1 Å². The van der Waals surface area contributed by atoms with Gasteiger partial charge in [-0.3, -0.25) is 14.4 Å². The molecule has 0 amide bonds. The maximum atomic E-state index is 11.9. The highest BCUT2D eigenvalue weighted by Gasteiger charge is 2.00. The first-order valence-corrected chi connectivity index (χ1v) is 14.1. The molecular weight excluding hydrogens is 728 g/mol. The summed E-state index contributed by atoms with van der Waals surface area (Å²) in [5.41, 5.74) is 3.15. The molecule has 0 bridgehead atoms. The summed E-state index contributed by atoms with van der Waals surface area (Å²) < 4.78 is 3.99. The van der Waals surface area contributed by atoms with Gasteiger partial charge in [-0.2, -0.15) is 0 Å². The van der Waals surface area contributed by atoms with Gasteiger partial charge in [0.05, 0.1) is 0 Å². The molecule has 7 heteroatoms. The molecule has 0 heterocycles. The number of halogens is 4. The van der Waals surface area contributed by atoms with Crippen molar-refractivity contribution in [3.63, 3.8) is 0 Å². The Kier molecular flexibility index (Phi) is 13.6. The Bertz CT molecular complexity index is 1330. The minimum Gasteiger partial charge on any atom is -0.298 e. The predicted octanol–water partition coefficient (Wildman–Crippen LogP) is 10.0. The molecule has 0 fully saturated rings. The highest BCUT2D eigenvalue weighted by molar-refractivity contribution is 9.11. The molecule has 188 valence electrons. The molecule has 4 aromatic rings. The molecule has 0 atom stereocenters. The van der Waals surface area contributed by atoms with Crippen molar-refractivity contribution in [2.24, 2.45) is 0 Å². The van der Waals surface area contributed by atoms with Gasteiger partial charge >= 0.3 is 0 Å². The molecule has 3 nitrogen and oxygen atoms in total. The lowest BCUT2D eigenvalue weighted by Crippen LogP contribution is -1.92. The van der Waals surface area contributed by atoms with Crippen LogP contribution in [0, 0.1) is 0 Å². The normalized spacial score (nSPS) is 9.97. The minimum atomic E-state index is 0.00502. The first kappa shape index (κ1) is 30.8. The number of Topliss-reactive ketones (excluding diaryl/α,β-unsaturated/α-hetero) is 1. The fourth-order valence-electron chi connectivity index (χ4n) is 2.68. The number of benzene rings is 4. The van der Waals surface area contributed by atoms with Crippen LogP contribution in [0.4, 0.5) is 0 Å². The maximum absolute atomic E-state index is 11.9. The Balaban J connectivity index is 0.000000214. The summed E-state index contributed by atoms with van der Waals surface area (Å²) >= 11 is 13.3. The fraction of sp³-hybridized carbons (Fsp3) is 0.0333. The van der Waals surface area contributed by atoms with Crippen molar-refractivity contribution < 1.29 is 14.4 Å². The summed E-state index contributed by atoms with van der Waals surface area (Å²) in [4.78, 5) is 32.7. The molecule has 0 aliphatic rings. The summed E-state index contributed by atoms with van der Waals surface area (Å²) in [6, 6.07) is 29.6. The minimum absolute atomic E-state index is 0.00502. The predicted molar refractivity (Wildman–Crippen MR) is 165 cm³/mol. The molecule has 0 aliphatic heterocycles. The second-order valence-electron chi connectivity index (χ2n) is 7.49. The van der Waals surface area contributed by atoms with E-state index in [9.17, 15) is 14.4 Å². The number of rotatable bonds is 5. The highest BCUT2D eigenvalue weighted by Crippen LogP contribution is 2.14. The molecule has 0 spiro atoms. The third-order valence-corrected chi connectivity index (χ3v) is 6.80. The monoisotopic (exact) mass is 746 g/mol. The van der Waals surface area contributed by atoms with Crippen LogP contribution in [-0.4, -0.2) is 17.9 Å². The average Bonchev–Trinajstić information content (AvgIpc) is 2.90. The molecule has 0 aromatic heterocycles. The molecule has 0 saturated heterocycles. The molecule has 0 N–H and O–H groups in total. The number of carbonyl (C=O) groups is 3. The lowest BCUT2D eigenvalue weighted by atomic mass is 10.1. The van der Waals surface area contributed by atoms with Crippen LogP contribution < -0.4 is 0 Å². The lowest BCUT2D eigenvalue weighted by molar-refractivity contribution is 0.101. The molecule has 37 heavy (non-hydrogen) atoms.